The van der Waals surface area contributed by atoms with E-state index in [1.165, 1.54) is 6.07 Å². The van der Waals surface area contributed by atoms with Crippen molar-refractivity contribution in [1.82, 2.24) is 4.90 Å². The highest BCUT2D eigenvalue weighted by Crippen LogP contribution is 2.37. The fourth-order valence-corrected chi connectivity index (χ4v) is 4.32. The van der Waals surface area contributed by atoms with Gasteiger partial charge in [-0.1, -0.05) is 0 Å². The van der Waals surface area contributed by atoms with E-state index in [2.05, 4.69) is 0 Å². The number of piperidine rings is 1. The number of carbonyl (C=O) groups is 2. The first-order valence-corrected chi connectivity index (χ1v) is 8.66. The molecule has 3 rings (SSSR count). The average Bonchev–Trinajstić information content (AvgIpc) is 3.06. The van der Waals surface area contributed by atoms with Crippen LogP contribution in [0.15, 0.2) is 12.1 Å². The zero-order valence-electron chi connectivity index (χ0n) is 13.1. The quantitative estimate of drug-likeness (QED) is 0.914. The van der Waals surface area contributed by atoms with Gasteiger partial charge >= 0.3 is 5.97 Å². The Hall–Kier alpha value is -1.44. The highest BCUT2D eigenvalue weighted by atomic mass is 32.1. The van der Waals surface area contributed by atoms with Crippen molar-refractivity contribution in [2.75, 3.05) is 26.8 Å². The molecule has 1 amide bonds. The molecule has 2 aliphatic heterocycles. The van der Waals surface area contributed by atoms with Crippen LogP contribution in [0.25, 0.3) is 0 Å². The summed E-state index contributed by atoms with van der Waals surface area (Å²) in [7, 11) is 1.72. The number of hydrogen-bond donors (Lipinski definition) is 1. The Balaban J connectivity index is 1.66. The normalized spacial score (nSPS) is 23.9. The molecular formula is C16H21NO5S. The SMILES string of the molecule is CO[C@H]1CCCOC12CCN(C(=O)c1ccc(C(=O)O)s1)CC2. The van der Waals surface area contributed by atoms with E-state index < -0.39 is 5.97 Å². The Labute approximate surface area is 139 Å². The van der Waals surface area contributed by atoms with Crippen LogP contribution in [0.1, 0.15) is 45.0 Å². The fraction of sp³-hybridized carbons (Fsp3) is 0.625. The van der Waals surface area contributed by atoms with Crippen molar-refractivity contribution in [2.24, 2.45) is 0 Å². The highest BCUT2D eigenvalue weighted by Gasteiger charge is 2.45. The molecule has 1 aromatic heterocycles. The van der Waals surface area contributed by atoms with Crippen LogP contribution in [-0.2, 0) is 9.47 Å². The lowest BCUT2D eigenvalue weighted by atomic mass is 9.82. The van der Waals surface area contributed by atoms with Crippen LogP contribution in [-0.4, -0.2) is 60.4 Å². The molecule has 0 aromatic carbocycles. The van der Waals surface area contributed by atoms with E-state index in [0.717, 1.165) is 43.6 Å². The lowest BCUT2D eigenvalue weighted by molar-refractivity contribution is -0.183. The molecule has 1 spiro atoms. The Morgan fingerprint density at radius 3 is 2.65 bits per heavy atom. The smallest absolute Gasteiger partial charge is 0.345 e. The van der Waals surface area contributed by atoms with Crippen molar-refractivity contribution in [1.29, 1.82) is 0 Å². The van der Waals surface area contributed by atoms with Crippen LogP contribution in [0.2, 0.25) is 0 Å². The Morgan fingerprint density at radius 1 is 1.35 bits per heavy atom. The molecule has 1 N–H and O–H groups in total. The summed E-state index contributed by atoms with van der Waals surface area (Å²) in [5, 5.41) is 8.97. The van der Waals surface area contributed by atoms with Gasteiger partial charge in [0.15, 0.2) is 0 Å². The van der Waals surface area contributed by atoms with Crippen molar-refractivity contribution in [2.45, 2.75) is 37.4 Å². The number of methoxy groups -OCH3 is 1. The predicted molar refractivity (Wildman–Crippen MR) is 85.1 cm³/mol. The summed E-state index contributed by atoms with van der Waals surface area (Å²) >= 11 is 1.03. The first kappa shape index (κ1) is 16.4. The zero-order chi connectivity index (χ0) is 16.4. The van der Waals surface area contributed by atoms with E-state index in [0.29, 0.717) is 18.0 Å². The number of rotatable bonds is 3. The number of carboxylic acid groups (broad SMARTS) is 1. The Morgan fingerprint density at radius 2 is 2.04 bits per heavy atom. The minimum absolute atomic E-state index is 0.0915. The van der Waals surface area contributed by atoms with E-state index >= 15 is 0 Å². The second-order valence-electron chi connectivity index (χ2n) is 6.04. The molecule has 0 unspecified atom stereocenters. The van der Waals surface area contributed by atoms with Crippen molar-refractivity contribution >= 4 is 23.2 Å². The van der Waals surface area contributed by atoms with Crippen LogP contribution in [0.5, 0.6) is 0 Å². The van der Waals surface area contributed by atoms with Gasteiger partial charge in [-0.3, -0.25) is 4.79 Å². The molecule has 7 heteroatoms. The maximum atomic E-state index is 12.5. The molecule has 1 atom stereocenters. The number of aromatic carboxylic acids is 1. The van der Waals surface area contributed by atoms with Gasteiger partial charge in [0.1, 0.15) is 4.88 Å². The van der Waals surface area contributed by atoms with E-state index in [9.17, 15) is 9.59 Å². The molecule has 1 aromatic rings. The summed E-state index contributed by atoms with van der Waals surface area (Å²) < 4.78 is 11.6. The summed E-state index contributed by atoms with van der Waals surface area (Å²) in [4.78, 5) is 25.9. The van der Waals surface area contributed by atoms with Crippen LogP contribution in [0, 0.1) is 0 Å². The Bertz CT molecular complexity index is 591. The molecule has 3 heterocycles. The van der Waals surface area contributed by atoms with Gasteiger partial charge in [0, 0.05) is 26.8 Å². The number of carbonyl (C=O) groups excluding carboxylic acids is 1. The second kappa shape index (κ2) is 6.59. The minimum atomic E-state index is -0.995. The first-order chi connectivity index (χ1) is 11.1. The average molecular weight is 339 g/mol. The lowest BCUT2D eigenvalue weighted by Gasteiger charge is -2.47. The first-order valence-electron chi connectivity index (χ1n) is 7.85. The number of likely N-dealkylation sites (tertiary alicyclic amines) is 1. The molecular weight excluding hydrogens is 318 g/mol. The van der Waals surface area contributed by atoms with E-state index in [1.54, 1.807) is 18.1 Å². The van der Waals surface area contributed by atoms with E-state index in [4.69, 9.17) is 14.6 Å². The Kier molecular flexibility index (Phi) is 4.70. The van der Waals surface area contributed by atoms with Gasteiger partial charge in [0.25, 0.3) is 5.91 Å². The largest absolute Gasteiger partial charge is 0.477 e. The maximum absolute atomic E-state index is 12.5. The second-order valence-corrected chi connectivity index (χ2v) is 7.12. The summed E-state index contributed by atoms with van der Waals surface area (Å²) in [5.41, 5.74) is -0.272. The van der Waals surface area contributed by atoms with Crippen LogP contribution in [0.3, 0.4) is 0 Å². The van der Waals surface area contributed by atoms with Gasteiger partial charge in [0.2, 0.25) is 0 Å². The van der Waals surface area contributed by atoms with E-state index in [-0.39, 0.29) is 22.5 Å². The molecule has 2 saturated heterocycles. The van der Waals surface area contributed by atoms with Crippen LogP contribution in [0.4, 0.5) is 0 Å². The third-order valence-corrected chi connectivity index (χ3v) is 5.86. The van der Waals surface area contributed by atoms with Crippen molar-refractivity contribution < 1.29 is 24.2 Å². The predicted octanol–water partition coefficient (Wildman–Crippen LogP) is 2.25. The lowest BCUT2D eigenvalue weighted by Crippen LogP contribution is -2.56. The summed E-state index contributed by atoms with van der Waals surface area (Å²) in [6.45, 7) is 1.97. The van der Waals surface area contributed by atoms with Crippen LogP contribution >= 0.6 is 11.3 Å². The molecule has 23 heavy (non-hydrogen) atoms. The maximum Gasteiger partial charge on any atom is 0.345 e. The van der Waals surface area contributed by atoms with Crippen molar-refractivity contribution in [3.63, 3.8) is 0 Å². The fourth-order valence-electron chi connectivity index (χ4n) is 3.51. The molecule has 6 nitrogen and oxygen atoms in total. The molecule has 0 saturated carbocycles. The van der Waals surface area contributed by atoms with E-state index in [1.807, 2.05) is 0 Å². The molecule has 126 valence electrons. The topological polar surface area (TPSA) is 76.1 Å². The van der Waals surface area contributed by atoms with Gasteiger partial charge < -0.3 is 19.5 Å². The third-order valence-electron chi connectivity index (χ3n) is 4.80. The molecule has 2 aliphatic rings. The van der Waals surface area contributed by atoms with Crippen molar-refractivity contribution in [3.05, 3.63) is 21.9 Å². The molecule has 0 radical (unpaired) electrons. The molecule has 0 bridgehead atoms. The highest BCUT2D eigenvalue weighted by molar-refractivity contribution is 7.15. The summed E-state index contributed by atoms with van der Waals surface area (Å²) in [6, 6.07) is 3.08. The molecule has 2 fully saturated rings. The molecule has 0 aliphatic carbocycles. The van der Waals surface area contributed by atoms with Gasteiger partial charge in [-0.05, 0) is 37.8 Å². The summed E-state index contributed by atoms with van der Waals surface area (Å²) in [5.74, 6) is -1.09. The number of ether oxygens (including phenoxy) is 2. The monoisotopic (exact) mass is 339 g/mol. The van der Waals surface area contributed by atoms with Gasteiger partial charge in [-0.2, -0.15) is 0 Å². The van der Waals surface area contributed by atoms with Crippen molar-refractivity contribution in [3.8, 4) is 0 Å². The zero-order valence-corrected chi connectivity index (χ0v) is 13.9. The third kappa shape index (κ3) is 3.13. The van der Waals surface area contributed by atoms with Gasteiger partial charge in [0.05, 0.1) is 16.6 Å². The number of thiophene rings is 1. The van der Waals surface area contributed by atoms with Crippen LogP contribution < -0.4 is 0 Å². The number of amides is 1. The standard InChI is InChI=1S/C16H21NO5S/c1-21-13-3-2-10-22-16(13)6-8-17(9-7-16)14(18)11-4-5-12(23-11)15(19)20/h4-5,13H,2-3,6-10H2,1H3,(H,19,20)/t13-/m0/s1. The summed E-state index contributed by atoms with van der Waals surface area (Å²) in [6.07, 6.45) is 3.62. The number of nitrogens with zero attached hydrogens (tertiary/aromatic N) is 1. The minimum Gasteiger partial charge on any atom is -0.477 e. The van der Waals surface area contributed by atoms with Gasteiger partial charge in [-0.15, -0.1) is 11.3 Å². The van der Waals surface area contributed by atoms with Gasteiger partial charge in [-0.25, -0.2) is 4.79 Å². The number of hydrogen-bond acceptors (Lipinski definition) is 5. The number of carboxylic acids is 1.